The van der Waals surface area contributed by atoms with Gasteiger partial charge in [-0.2, -0.15) is 0 Å². The van der Waals surface area contributed by atoms with E-state index in [1.54, 1.807) is 24.3 Å². The number of methoxy groups -OCH3 is 1. The van der Waals surface area contributed by atoms with E-state index in [2.05, 4.69) is 5.32 Å². The molecular formula is C26H27NO6. The first-order chi connectivity index (χ1) is 15.9. The van der Waals surface area contributed by atoms with Gasteiger partial charge in [-0.3, -0.25) is 5.32 Å². The highest BCUT2D eigenvalue weighted by atomic mass is 16.6. The lowest BCUT2D eigenvalue weighted by atomic mass is 9.92. The van der Waals surface area contributed by atoms with Crippen molar-refractivity contribution < 1.29 is 29.3 Å². The third-order valence-corrected chi connectivity index (χ3v) is 5.36. The van der Waals surface area contributed by atoms with Crippen LogP contribution in [0, 0.1) is 5.92 Å². The molecule has 0 radical (unpaired) electrons. The van der Waals surface area contributed by atoms with E-state index in [4.69, 9.17) is 14.6 Å². The number of fused-ring (bicyclic) bond motifs is 1. The number of ether oxygens (including phenoxy) is 2. The summed E-state index contributed by atoms with van der Waals surface area (Å²) in [5.74, 6) is -0.912. The highest BCUT2D eigenvalue weighted by molar-refractivity contribution is 6.00. The van der Waals surface area contributed by atoms with E-state index in [0.717, 1.165) is 16.8 Å². The van der Waals surface area contributed by atoms with Crippen LogP contribution in [0.3, 0.4) is 0 Å². The normalized spacial score (nSPS) is 12.9. The Morgan fingerprint density at radius 2 is 1.85 bits per heavy atom. The van der Waals surface area contributed by atoms with Crippen molar-refractivity contribution in [3.05, 3.63) is 78.4 Å². The van der Waals surface area contributed by atoms with Gasteiger partial charge in [0.2, 0.25) is 0 Å². The molecule has 3 N–H and O–H groups in total. The molecule has 0 aliphatic rings. The Hall–Kier alpha value is -4.00. The molecule has 7 nitrogen and oxygen atoms in total. The Morgan fingerprint density at radius 1 is 1.09 bits per heavy atom. The predicted octanol–water partition coefficient (Wildman–Crippen LogP) is 5.90. The predicted molar refractivity (Wildman–Crippen MR) is 127 cm³/mol. The number of aliphatic carboxylic acids is 1. The number of rotatable bonds is 9. The van der Waals surface area contributed by atoms with E-state index in [9.17, 15) is 14.7 Å². The van der Waals surface area contributed by atoms with Gasteiger partial charge in [-0.1, -0.05) is 55.5 Å². The molecule has 0 aliphatic carbocycles. The van der Waals surface area contributed by atoms with Crippen LogP contribution >= 0.6 is 0 Å². The van der Waals surface area contributed by atoms with Gasteiger partial charge in [-0.25, -0.2) is 9.59 Å². The molecule has 7 heteroatoms. The van der Waals surface area contributed by atoms with Crippen molar-refractivity contribution in [2.45, 2.75) is 25.9 Å². The van der Waals surface area contributed by atoms with Gasteiger partial charge in [0.05, 0.1) is 12.8 Å². The van der Waals surface area contributed by atoms with Gasteiger partial charge in [0.15, 0.2) is 11.5 Å². The zero-order chi connectivity index (χ0) is 23.8. The maximum absolute atomic E-state index is 12.9. The van der Waals surface area contributed by atoms with Crippen LogP contribution in [-0.4, -0.2) is 29.4 Å². The van der Waals surface area contributed by atoms with Crippen LogP contribution < -0.4 is 10.1 Å². The minimum atomic E-state index is -1.01. The Labute approximate surface area is 192 Å². The molecule has 0 aliphatic heterocycles. The number of benzene rings is 3. The first-order valence-electron chi connectivity index (χ1n) is 10.6. The van der Waals surface area contributed by atoms with Gasteiger partial charge in [0.1, 0.15) is 6.10 Å². The lowest BCUT2D eigenvalue weighted by Crippen LogP contribution is -2.22. The molecule has 0 bridgehead atoms. The summed E-state index contributed by atoms with van der Waals surface area (Å²) in [5, 5.41) is 23.7. The summed E-state index contributed by atoms with van der Waals surface area (Å²) in [6, 6.07) is 18.2. The first-order valence-corrected chi connectivity index (χ1v) is 10.6. The third-order valence-electron chi connectivity index (χ3n) is 5.36. The molecular weight excluding hydrogens is 422 g/mol. The number of phenols is 1. The van der Waals surface area contributed by atoms with Crippen LogP contribution in [-0.2, 0) is 9.53 Å². The molecule has 0 heterocycles. The lowest BCUT2D eigenvalue weighted by molar-refractivity contribution is -0.131. The van der Waals surface area contributed by atoms with E-state index in [-0.39, 0.29) is 11.7 Å². The van der Waals surface area contributed by atoms with Crippen LogP contribution in [0.1, 0.15) is 31.4 Å². The lowest BCUT2D eigenvalue weighted by Gasteiger charge is -2.25. The molecule has 172 valence electrons. The van der Waals surface area contributed by atoms with E-state index in [1.165, 1.54) is 13.2 Å². The number of anilines is 1. The molecule has 3 rings (SSSR count). The summed E-state index contributed by atoms with van der Waals surface area (Å²) in [7, 11) is 1.46. The molecule has 2 atom stereocenters. The number of allylic oxidation sites excluding steroid dienone is 1. The zero-order valence-corrected chi connectivity index (χ0v) is 18.5. The fraction of sp³-hybridized carbons (Fsp3) is 0.231. The molecule has 0 aromatic heterocycles. The zero-order valence-electron chi connectivity index (χ0n) is 18.5. The summed E-state index contributed by atoms with van der Waals surface area (Å²) in [6.45, 7) is 1.91. The van der Waals surface area contributed by atoms with Crippen molar-refractivity contribution in [1.82, 2.24) is 0 Å². The van der Waals surface area contributed by atoms with Crippen LogP contribution in [0.4, 0.5) is 10.5 Å². The summed E-state index contributed by atoms with van der Waals surface area (Å²) in [6.07, 6.45) is 2.44. The van der Waals surface area contributed by atoms with Crippen LogP contribution in [0.25, 0.3) is 10.8 Å². The number of amides is 1. The smallest absolute Gasteiger partial charge is 0.412 e. The largest absolute Gasteiger partial charge is 0.504 e. The summed E-state index contributed by atoms with van der Waals surface area (Å²) >= 11 is 0. The molecule has 33 heavy (non-hydrogen) atoms. The number of hydrogen-bond acceptors (Lipinski definition) is 5. The molecule has 0 fully saturated rings. The second-order valence-electron chi connectivity index (χ2n) is 7.70. The second-order valence-corrected chi connectivity index (χ2v) is 7.70. The quantitative estimate of drug-likeness (QED) is 0.351. The summed E-state index contributed by atoms with van der Waals surface area (Å²) in [5.41, 5.74) is 1.24. The number of phenolic OH excluding ortho intramolecular Hbond substituents is 1. The van der Waals surface area contributed by atoms with Crippen molar-refractivity contribution in [3.8, 4) is 11.5 Å². The van der Waals surface area contributed by atoms with E-state index < -0.39 is 18.2 Å². The van der Waals surface area contributed by atoms with Gasteiger partial charge in [0.25, 0.3) is 0 Å². The molecule has 1 amide bonds. The minimum Gasteiger partial charge on any atom is -0.504 e. The molecule has 3 aromatic carbocycles. The average molecular weight is 450 g/mol. The number of carboxylic acid groups (broad SMARTS) is 1. The Morgan fingerprint density at radius 3 is 2.58 bits per heavy atom. The number of aromatic hydroxyl groups is 1. The Balaban J connectivity index is 1.81. The van der Waals surface area contributed by atoms with Gasteiger partial charge >= 0.3 is 12.1 Å². The molecule has 0 spiro atoms. The van der Waals surface area contributed by atoms with E-state index >= 15 is 0 Å². The van der Waals surface area contributed by atoms with Crippen LogP contribution in [0.2, 0.25) is 0 Å². The number of carbonyl (C=O) groups is 2. The van der Waals surface area contributed by atoms with E-state index in [0.29, 0.717) is 29.8 Å². The maximum Gasteiger partial charge on any atom is 0.412 e. The van der Waals surface area contributed by atoms with E-state index in [1.807, 2.05) is 43.3 Å². The summed E-state index contributed by atoms with van der Waals surface area (Å²) < 4.78 is 10.9. The van der Waals surface area contributed by atoms with Crippen LogP contribution in [0.15, 0.2) is 72.8 Å². The Kier molecular flexibility index (Phi) is 7.91. The fourth-order valence-corrected chi connectivity index (χ4v) is 3.68. The minimum absolute atomic E-state index is 0.0592. The van der Waals surface area contributed by atoms with Crippen molar-refractivity contribution in [3.63, 3.8) is 0 Å². The first kappa shape index (κ1) is 23.7. The van der Waals surface area contributed by atoms with Crippen molar-refractivity contribution in [2.75, 3.05) is 12.4 Å². The van der Waals surface area contributed by atoms with Gasteiger partial charge in [0, 0.05) is 11.5 Å². The number of carbonyl (C=O) groups excluding carboxylic acids is 1. The highest BCUT2D eigenvalue weighted by Crippen LogP contribution is 2.35. The Bertz CT molecular complexity index is 1150. The average Bonchev–Trinajstić information content (AvgIpc) is 2.80. The van der Waals surface area contributed by atoms with Gasteiger partial charge in [-0.05, 0) is 47.9 Å². The molecule has 0 saturated carbocycles. The monoisotopic (exact) mass is 449 g/mol. The SMILES string of the molecule is COc1ccc([C@@H](OC(=O)Nc2cccc3ccccc23)[C@@H](C)CC/C=C/C(=O)O)cc1O. The molecule has 0 saturated heterocycles. The number of nitrogens with one attached hydrogen (secondary N) is 1. The molecule has 3 aromatic rings. The highest BCUT2D eigenvalue weighted by Gasteiger charge is 2.25. The third kappa shape index (κ3) is 6.26. The van der Waals surface area contributed by atoms with Crippen molar-refractivity contribution in [1.29, 1.82) is 0 Å². The number of carboxylic acids is 1. The maximum atomic E-state index is 12.9. The van der Waals surface area contributed by atoms with Crippen LogP contribution in [0.5, 0.6) is 11.5 Å². The van der Waals surface area contributed by atoms with Crippen molar-refractivity contribution >= 4 is 28.5 Å². The topological polar surface area (TPSA) is 105 Å². The van der Waals surface area contributed by atoms with Gasteiger partial charge < -0.3 is 19.7 Å². The second kappa shape index (κ2) is 11.0. The number of hydrogen-bond donors (Lipinski definition) is 3. The van der Waals surface area contributed by atoms with Gasteiger partial charge in [-0.15, -0.1) is 0 Å². The summed E-state index contributed by atoms with van der Waals surface area (Å²) in [4.78, 5) is 23.6. The van der Waals surface area contributed by atoms with Crippen molar-refractivity contribution in [2.24, 2.45) is 5.92 Å². The standard InChI is InChI=1S/C26H27NO6/c1-17(8-3-6-13-24(29)30)25(19-14-15-23(32-2)22(28)16-19)33-26(31)27-21-12-7-10-18-9-4-5-11-20(18)21/h4-7,9-17,25,28H,3,8H2,1-2H3,(H,27,31)(H,29,30)/b13-6+/t17-,25-/m0/s1. The molecule has 0 unspecified atom stereocenters. The fourth-order valence-electron chi connectivity index (χ4n) is 3.68.